The Kier molecular flexibility index (Phi) is 5.63. The SMILES string of the molecule is CCCc1ccc(-c2nc(NC(=O)/C=C/c3cnn(C)c3)sc2C)cc1. The zero-order valence-corrected chi connectivity index (χ0v) is 16.0. The standard InChI is InChI=1S/C20H22N4OS/c1-4-5-15-6-9-17(10-7-15)19-14(2)26-20(23-19)22-18(25)11-8-16-12-21-24(3)13-16/h6-13H,4-5H2,1-3H3,(H,22,23,25)/b11-8+. The second kappa shape index (κ2) is 8.10. The second-order valence-electron chi connectivity index (χ2n) is 6.14. The van der Waals surface area contributed by atoms with Crippen molar-refractivity contribution in [2.75, 3.05) is 5.32 Å². The third-order valence-electron chi connectivity index (χ3n) is 3.94. The molecule has 0 atom stereocenters. The number of aromatic nitrogens is 3. The molecule has 1 N–H and O–H groups in total. The first-order valence-electron chi connectivity index (χ1n) is 8.59. The summed E-state index contributed by atoms with van der Waals surface area (Å²) >= 11 is 1.48. The Morgan fingerprint density at radius 1 is 1.31 bits per heavy atom. The topological polar surface area (TPSA) is 59.8 Å². The molecule has 1 amide bonds. The van der Waals surface area contributed by atoms with Crippen LogP contribution in [0.4, 0.5) is 5.13 Å². The van der Waals surface area contributed by atoms with Crippen molar-refractivity contribution in [3.05, 3.63) is 58.7 Å². The zero-order valence-electron chi connectivity index (χ0n) is 15.2. The number of carbonyl (C=O) groups excluding carboxylic acids is 1. The fourth-order valence-electron chi connectivity index (χ4n) is 2.68. The normalized spacial score (nSPS) is 11.2. The van der Waals surface area contributed by atoms with Crippen LogP contribution in [0.2, 0.25) is 0 Å². The molecule has 0 radical (unpaired) electrons. The highest BCUT2D eigenvalue weighted by atomic mass is 32.1. The summed E-state index contributed by atoms with van der Waals surface area (Å²) in [4.78, 5) is 17.8. The molecule has 3 aromatic rings. The molecule has 0 unspecified atom stereocenters. The fourth-order valence-corrected chi connectivity index (χ4v) is 3.52. The van der Waals surface area contributed by atoms with Crippen molar-refractivity contribution in [2.45, 2.75) is 26.7 Å². The van der Waals surface area contributed by atoms with E-state index in [0.29, 0.717) is 5.13 Å². The summed E-state index contributed by atoms with van der Waals surface area (Å²) in [7, 11) is 1.84. The third-order valence-corrected chi connectivity index (χ3v) is 4.83. The Morgan fingerprint density at radius 2 is 2.08 bits per heavy atom. The van der Waals surface area contributed by atoms with Gasteiger partial charge in [0.2, 0.25) is 5.91 Å². The van der Waals surface area contributed by atoms with Crippen LogP contribution in [0.5, 0.6) is 0 Å². The monoisotopic (exact) mass is 366 g/mol. The molecule has 0 aliphatic rings. The highest BCUT2D eigenvalue weighted by molar-refractivity contribution is 7.16. The summed E-state index contributed by atoms with van der Waals surface area (Å²) < 4.78 is 1.69. The molecule has 0 fully saturated rings. The predicted molar refractivity (Wildman–Crippen MR) is 107 cm³/mol. The van der Waals surface area contributed by atoms with Crippen LogP contribution >= 0.6 is 11.3 Å². The summed E-state index contributed by atoms with van der Waals surface area (Å²) in [6, 6.07) is 8.49. The molecular weight excluding hydrogens is 344 g/mol. The molecule has 5 nitrogen and oxygen atoms in total. The minimum absolute atomic E-state index is 0.201. The lowest BCUT2D eigenvalue weighted by atomic mass is 10.1. The Bertz CT molecular complexity index is 922. The van der Waals surface area contributed by atoms with E-state index < -0.39 is 0 Å². The van der Waals surface area contributed by atoms with Gasteiger partial charge in [-0.05, 0) is 25.0 Å². The predicted octanol–water partition coefficient (Wildman–Crippen LogP) is 4.46. The molecule has 2 aromatic heterocycles. The van der Waals surface area contributed by atoms with E-state index in [9.17, 15) is 4.79 Å². The van der Waals surface area contributed by atoms with Crippen LogP contribution in [0.25, 0.3) is 17.3 Å². The van der Waals surface area contributed by atoms with Crippen molar-refractivity contribution in [3.63, 3.8) is 0 Å². The van der Waals surface area contributed by atoms with Crippen molar-refractivity contribution >= 4 is 28.5 Å². The van der Waals surface area contributed by atoms with Gasteiger partial charge in [-0.3, -0.25) is 14.8 Å². The summed E-state index contributed by atoms with van der Waals surface area (Å²) in [6.45, 7) is 4.20. The van der Waals surface area contributed by atoms with Crippen molar-refractivity contribution in [1.29, 1.82) is 0 Å². The maximum Gasteiger partial charge on any atom is 0.250 e. The second-order valence-corrected chi connectivity index (χ2v) is 7.34. The number of thiazole rings is 1. The van der Waals surface area contributed by atoms with E-state index in [-0.39, 0.29) is 5.91 Å². The highest BCUT2D eigenvalue weighted by Gasteiger charge is 2.11. The van der Waals surface area contributed by atoms with Crippen molar-refractivity contribution in [1.82, 2.24) is 14.8 Å². The lowest BCUT2D eigenvalue weighted by Crippen LogP contribution is -2.07. The first kappa shape index (κ1) is 18.1. The van der Waals surface area contributed by atoms with Gasteiger partial charge in [0.25, 0.3) is 0 Å². The summed E-state index contributed by atoms with van der Waals surface area (Å²) in [5.74, 6) is -0.201. The lowest BCUT2D eigenvalue weighted by Gasteiger charge is -2.02. The van der Waals surface area contributed by atoms with Gasteiger partial charge in [-0.1, -0.05) is 37.6 Å². The Labute approximate surface area is 157 Å². The van der Waals surface area contributed by atoms with Crippen LogP contribution in [0, 0.1) is 6.92 Å². The van der Waals surface area contributed by atoms with Gasteiger partial charge in [0.15, 0.2) is 5.13 Å². The molecule has 1 aromatic carbocycles. The number of hydrogen-bond acceptors (Lipinski definition) is 4. The lowest BCUT2D eigenvalue weighted by molar-refractivity contribution is -0.111. The summed E-state index contributed by atoms with van der Waals surface area (Å²) in [6.07, 6.45) is 9.00. The molecule has 0 spiro atoms. The molecule has 0 saturated heterocycles. The van der Waals surface area contributed by atoms with E-state index >= 15 is 0 Å². The van der Waals surface area contributed by atoms with Gasteiger partial charge in [0, 0.05) is 35.3 Å². The number of hydrogen-bond donors (Lipinski definition) is 1. The number of carbonyl (C=O) groups is 1. The number of nitrogens with zero attached hydrogens (tertiary/aromatic N) is 3. The minimum atomic E-state index is -0.201. The minimum Gasteiger partial charge on any atom is -0.298 e. The average molecular weight is 366 g/mol. The molecule has 0 aliphatic carbocycles. The molecule has 2 heterocycles. The van der Waals surface area contributed by atoms with Crippen LogP contribution in [0.3, 0.4) is 0 Å². The van der Waals surface area contributed by atoms with Gasteiger partial charge in [0.1, 0.15) is 0 Å². The van der Waals surface area contributed by atoms with E-state index in [1.54, 1.807) is 17.0 Å². The van der Waals surface area contributed by atoms with Gasteiger partial charge in [-0.2, -0.15) is 5.10 Å². The molecule has 3 rings (SSSR count). The van der Waals surface area contributed by atoms with Gasteiger partial charge in [0.05, 0.1) is 11.9 Å². The molecule has 26 heavy (non-hydrogen) atoms. The smallest absolute Gasteiger partial charge is 0.250 e. The quantitative estimate of drug-likeness (QED) is 0.655. The first-order chi connectivity index (χ1) is 12.5. The van der Waals surface area contributed by atoms with E-state index in [4.69, 9.17) is 0 Å². The van der Waals surface area contributed by atoms with Crippen LogP contribution < -0.4 is 5.32 Å². The molecule has 0 bridgehead atoms. The van der Waals surface area contributed by atoms with Gasteiger partial charge in [-0.15, -0.1) is 11.3 Å². The van der Waals surface area contributed by atoms with E-state index in [1.807, 2.05) is 20.2 Å². The molecular formula is C20H22N4OS. The van der Waals surface area contributed by atoms with E-state index in [2.05, 4.69) is 46.6 Å². The fraction of sp³-hybridized carbons (Fsp3) is 0.250. The number of amides is 1. The number of nitrogens with one attached hydrogen (secondary N) is 1. The van der Waals surface area contributed by atoms with Crippen molar-refractivity contribution < 1.29 is 4.79 Å². The Morgan fingerprint density at radius 3 is 2.73 bits per heavy atom. The largest absolute Gasteiger partial charge is 0.298 e. The van der Waals surface area contributed by atoms with E-state index in [0.717, 1.165) is 34.5 Å². The van der Waals surface area contributed by atoms with Gasteiger partial charge < -0.3 is 0 Å². The number of aryl methyl sites for hydroxylation is 3. The number of rotatable bonds is 6. The van der Waals surface area contributed by atoms with Gasteiger partial charge in [-0.25, -0.2) is 4.98 Å². The van der Waals surface area contributed by atoms with Crippen molar-refractivity contribution in [2.24, 2.45) is 7.05 Å². The van der Waals surface area contributed by atoms with Crippen LogP contribution in [0.15, 0.2) is 42.7 Å². The summed E-state index contributed by atoms with van der Waals surface area (Å²) in [5, 5.41) is 7.51. The number of benzene rings is 1. The Balaban J connectivity index is 1.69. The zero-order chi connectivity index (χ0) is 18.5. The van der Waals surface area contributed by atoms with E-state index in [1.165, 1.54) is 23.0 Å². The maximum absolute atomic E-state index is 12.1. The first-order valence-corrected chi connectivity index (χ1v) is 9.41. The molecule has 6 heteroatoms. The maximum atomic E-state index is 12.1. The van der Waals surface area contributed by atoms with Crippen LogP contribution in [0.1, 0.15) is 29.3 Å². The molecule has 0 aliphatic heterocycles. The number of anilines is 1. The average Bonchev–Trinajstić information content (AvgIpc) is 3.19. The molecule has 134 valence electrons. The third kappa shape index (κ3) is 4.46. The van der Waals surface area contributed by atoms with Crippen molar-refractivity contribution in [3.8, 4) is 11.3 Å². The molecule has 0 saturated carbocycles. The Hall–Kier alpha value is -2.73. The highest BCUT2D eigenvalue weighted by Crippen LogP contribution is 2.30. The van der Waals surface area contributed by atoms with Gasteiger partial charge >= 0.3 is 0 Å². The van der Waals surface area contributed by atoms with Crippen LogP contribution in [-0.4, -0.2) is 20.7 Å². The summed E-state index contributed by atoms with van der Waals surface area (Å²) in [5.41, 5.74) is 4.21. The van der Waals surface area contributed by atoms with Crippen LogP contribution in [-0.2, 0) is 18.3 Å².